The molecule has 6 heteroatoms. The van der Waals surface area contributed by atoms with Crippen molar-refractivity contribution in [3.8, 4) is 0 Å². The van der Waals surface area contributed by atoms with Gasteiger partial charge in [0.1, 0.15) is 12.3 Å². The van der Waals surface area contributed by atoms with Gasteiger partial charge in [-0.25, -0.2) is 0 Å². The number of carbonyl (C=O) groups is 2. The van der Waals surface area contributed by atoms with Crippen LogP contribution in [-0.2, 0) is 20.9 Å². The number of nitrogens with zero attached hydrogens (tertiary/aromatic N) is 2. The van der Waals surface area contributed by atoms with Crippen molar-refractivity contribution in [3.05, 3.63) is 24.2 Å². The van der Waals surface area contributed by atoms with Crippen molar-refractivity contribution in [1.29, 1.82) is 0 Å². The third-order valence-electron chi connectivity index (χ3n) is 5.22. The Kier molecular flexibility index (Phi) is 8.85. The predicted molar refractivity (Wildman–Crippen MR) is 104 cm³/mol. The highest BCUT2D eigenvalue weighted by atomic mass is 16.5. The van der Waals surface area contributed by atoms with Crippen molar-refractivity contribution in [2.75, 3.05) is 19.7 Å². The molecule has 1 aliphatic heterocycles. The molecule has 2 amide bonds. The summed E-state index contributed by atoms with van der Waals surface area (Å²) in [5.74, 6) is 0.760. The van der Waals surface area contributed by atoms with Crippen LogP contribution in [0.3, 0.4) is 0 Å². The number of hydrogen-bond donors (Lipinski definition) is 0. The van der Waals surface area contributed by atoms with Gasteiger partial charge in [0, 0.05) is 25.6 Å². The topological polar surface area (TPSA) is 63.0 Å². The second-order valence-electron chi connectivity index (χ2n) is 7.37. The second kappa shape index (κ2) is 11.1. The van der Waals surface area contributed by atoms with E-state index in [9.17, 15) is 9.59 Å². The van der Waals surface area contributed by atoms with Crippen LogP contribution in [0.15, 0.2) is 22.8 Å². The van der Waals surface area contributed by atoms with Crippen LogP contribution in [0.1, 0.15) is 65.1 Å². The number of unbranched alkanes of at least 4 members (excludes halogenated alkanes) is 1. The molecule has 0 aliphatic carbocycles. The Morgan fingerprint density at radius 2 is 2.11 bits per heavy atom. The molecule has 2 rings (SSSR count). The average molecular weight is 379 g/mol. The third kappa shape index (κ3) is 6.69. The van der Waals surface area contributed by atoms with E-state index < -0.39 is 0 Å². The van der Waals surface area contributed by atoms with Gasteiger partial charge in [-0.05, 0) is 44.7 Å². The summed E-state index contributed by atoms with van der Waals surface area (Å²) < 4.78 is 11.2. The van der Waals surface area contributed by atoms with E-state index in [0.29, 0.717) is 19.5 Å². The highest BCUT2D eigenvalue weighted by molar-refractivity contribution is 5.85. The standard InChI is InChI=1S/C21H34N2O4/c1-4-6-11-20(24)23(17(3)5-2)16-21(25)22(14-18-9-7-12-26-18)15-19-10-8-13-27-19/h7,9,12,17,19H,4-6,8,10-11,13-16H2,1-3H3/t17-,19-/m0/s1. The quantitative estimate of drug-likeness (QED) is 0.590. The molecule has 0 unspecified atom stereocenters. The normalized spacial score (nSPS) is 17.7. The summed E-state index contributed by atoms with van der Waals surface area (Å²) in [4.78, 5) is 29.2. The lowest BCUT2D eigenvalue weighted by atomic mass is 10.1. The molecule has 152 valence electrons. The maximum atomic E-state index is 13.1. The first kappa shape index (κ1) is 21.5. The fraction of sp³-hybridized carbons (Fsp3) is 0.714. The molecule has 27 heavy (non-hydrogen) atoms. The molecule has 1 fully saturated rings. The minimum absolute atomic E-state index is 0.0477. The Balaban J connectivity index is 2.06. The smallest absolute Gasteiger partial charge is 0.242 e. The Labute approximate surface area is 162 Å². The molecule has 0 aromatic carbocycles. The highest BCUT2D eigenvalue weighted by Crippen LogP contribution is 2.17. The molecule has 0 N–H and O–H groups in total. The van der Waals surface area contributed by atoms with E-state index in [1.165, 1.54) is 0 Å². The Bertz CT molecular complexity index is 567. The molecule has 0 spiro atoms. The maximum Gasteiger partial charge on any atom is 0.242 e. The van der Waals surface area contributed by atoms with Gasteiger partial charge in [0.2, 0.25) is 11.8 Å². The van der Waals surface area contributed by atoms with Crippen LogP contribution in [0, 0.1) is 0 Å². The first-order valence-corrected chi connectivity index (χ1v) is 10.3. The average Bonchev–Trinajstić information content (AvgIpc) is 3.37. The summed E-state index contributed by atoms with van der Waals surface area (Å²) >= 11 is 0. The monoisotopic (exact) mass is 378 g/mol. The molecule has 1 saturated heterocycles. The van der Waals surface area contributed by atoms with Gasteiger partial charge in [0.05, 0.1) is 18.9 Å². The van der Waals surface area contributed by atoms with Gasteiger partial charge in [-0.3, -0.25) is 9.59 Å². The van der Waals surface area contributed by atoms with Crippen LogP contribution in [0.25, 0.3) is 0 Å². The summed E-state index contributed by atoms with van der Waals surface area (Å²) in [7, 11) is 0. The number of rotatable bonds is 11. The van der Waals surface area contributed by atoms with Crippen LogP contribution in [-0.4, -0.2) is 53.5 Å². The van der Waals surface area contributed by atoms with Crippen LogP contribution in [0.5, 0.6) is 0 Å². The lowest BCUT2D eigenvalue weighted by Crippen LogP contribution is -2.47. The Morgan fingerprint density at radius 1 is 1.30 bits per heavy atom. The Morgan fingerprint density at radius 3 is 2.70 bits per heavy atom. The molecule has 0 bridgehead atoms. The second-order valence-corrected chi connectivity index (χ2v) is 7.37. The molecule has 2 atom stereocenters. The largest absolute Gasteiger partial charge is 0.467 e. The SMILES string of the molecule is CCCCC(=O)N(CC(=O)N(Cc1ccco1)C[C@@H]1CCCO1)[C@@H](C)CC. The van der Waals surface area contributed by atoms with Gasteiger partial charge in [-0.1, -0.05) is 20.3 Å². The predicted octanol–water partition coefficient (Wildman–Crippen LogP) is 3.60. The van der Waals surface area contributed by atoms with Crippen LogP contribution >= 0.6 is 0 Å². The fourth-order valence-electron chi connectivity index (χ4n) is 3.31. The molecule has 6 nitrogen and oxygen atoms in total. The van der Waals surface area contributed by atoms with E-state index in [4.69, 9.17) is 9.15 Å². The van der Waals surface area contributed by atoms with Crippen LogP contribution < -0.4 is 0 Å². The molecule has 1 aliphatic rings. The highest BCUT2D eigenvalue weighted by Gasteiger charge is 2.27. The lowest BCUT2D eigenvalue weighted by Gasteiger charge is -2.32. The summed E-state index contributed by atoms with van der Waals surface area (Å²) in [5.41, 5.74) is 0. The minimum Gasteiger partial charge on any atom is -0.467 e. The van der Waals surface area contributed by atoms with Crippen molar-refractivity contribution in [2.24, 2.45) is 0 Å². The summed E-state index contributed by atoms with van der Waals surface area (Å²) in [6.07, 6.45) is 6.83. The van der Waals surface area contributed by atoms with E-state index in [1.54, 1.807) is 16.1 Å². The molecule has 1 aromatic rings. The number of amides is 2. The van der Waals surface area contributed by atoms with Gasteiger partial charge in [0.15, 0.2) is 0 Å². The number of carbonyl (C=O) groups excluding carboxylic acids is 2. The molecule has 2 heterocycles. The minimum atomic E-state index is -0.0490. The van der Waals surface area contributed by atoms with Crippen molar-refractivity contribution < 1.29 is 18.7 Å². The van der Waals surface area contributed by atoms with Crippen molar-refractivity contribution in [1.82, 2.24) is 9.80 Å². The summed E-state index contributed by atoms with van der Waals surface area (Å²) in [6, 6.07) is 3.74. The van der Waals surface area contributed by atoms with E-state index in [1.807, 2.05) is 26.0 Å². The molecular formula is C21H34N2O4. The lowest BCUT2D eigenvalue weighted by molar-refractivity contribution is -0.143. The first-order valence-electron chi connectivity index (χ1n) is 10.3. The van der Waals surface area contributed by atoms with Crippen molar-refractivity contribution in [3.63, 3.8) is 0 Å². The van der Waals surface area contributed by atoms with E-state index in [2.05, 4.69) is 6.92 Å². The third-order valence-corrected chi connectivity index (χ3v) is 5.22. The molecule has 0 saturated carbocycles. The summed E-state index contributed by atoms with van der Waals surface area (Å²) in [5, 5.41) is 0. The van der Waals surface area contributed by atoms with E-state index in [-0.39, 0.29) is 30.5 Å². The fourth-order valence-corrected chi connectivity index (χ4v) is 3.31. The summed E-state index contributed by atoms with van der Waals surface area (Å²) in [6.45, 7) is 7.93. The van der Waals surface area contributed by atoms with Crippen LogP contribution in [0.2, 0.25) is 0 Å². The first-order chi connectivity index (χ1) is 13.0. The van der Waals surface area contributed by atoms with Gasteiger partial charge in [0.25, 0.3) is 0 Å². The molecule has 0 radical (unpaired) electrons. The zero-order valence-electron chi connectivity index (χ0n) is 17.0. The van der Waals surface area contributed by atoms with Gasteiger partial charge in [-0.2, -0.15) is 0 Å². The number of ether oxygens (including phenoxy) is 1. The van der Waals surface area contributed by atoms with Crippen molar-refractivity contribution in [2.45, 2.75) is 78.0 Å². The van der Waals surface area contributed by atoms with Crippen molar-refractivity contribution >= 4 is 11.8 Å². The zero-order valence-corrected chi connectivity index (χ0v) is 17.0. The number of furan rings is 1. The Hall–Kier alpha value is -1.82. The maximum absolute atomic E-state index is 13.1. The van der Waals surface area contributed by atoms with E-state index >= 15 is 0 Å². The van der Waals surface area contributed by atoms with Gasteiger partial charge < -0.3 is 19.0 Å². The van der Waals surface area contributed by atoms with Gasteiger partial charge >= 0.3 is 0 Å². The van der Waals surface area contributed by atoms with E-state index in [0.717, 1.165) is 44.5 Å². The number of hydrogen-bond acceptors (Lipinski definition) is 4. The van der Waals surface area contributed by atoms with Gasteiger partial charge in [-0.15, -0.1) is 0 Å². The molecular weight excluding hydrogens is 344 g/mol. The zero-order chi connectivity index (χ0) is 19.6. The molecule has 1 aromatic heterocycles. The van der Waals surface area contributed by atoms with Crippen LogP contribution in [0.4, 0.5) is 0 Å².